The average molecular weight is 328 g/mol. The molecule has 0 aliphatic carbocycles. The van der Waals surface area contributed by atoms with Crippen molar-refractivity contribution in [1.82, 2.24) is 5.32 Å². The molecule has 2 nitrogen and oxygen atoms in total. The Morgan fingerprint density at radius 3 is 2.74 bits per heavy atom. The number of hydrogen-bond acceptors (Lipinski definition) is 2. The summed E-state index contributed by atoms with van der Waals surface area (Å²) in [6.45, 7) is 8.05. The summed E-state index contributed by atoms with van der Waals surface area (Å²) < 4.78 is 6.66. The molecule has 3 heteroatoms. The second kappa shape index (κ2) is 10.4. The molecule has 0 saturated carbocycles. The summed E-state index contributed by atoms with van der Waals surface area (Å²) in [4.78, 5) is 0. The third kappa shape index (κ3) is 7.09. The van der Waals surface area contributed by atoms with E-state index in [-0.39, 0.29) is 0 Å². The molecule has 0 heterocycles. The number of rotatable bonds is 10. The van der Waals surface area contributed by atoms with Gasteiger partial charge >= 0.3 is 0 Å². The average Bonchev–Trinajstić information content (AvgIpc) is 2.43. The zero-order valence-electron chi connectivity index (χ0n) is 12.1. The van der Waals surface area contributed by atoms with Gasteiger partial charge in [0, 0.05) is 17.7 Å². The standard InChI is InChI=1S/C16H26BrNO/c1-3-18-13-14(8-7-11-19-4-2)12-15-9-5-6-10-16(15)17/h5-6,9-10,14,18H,3-4,7-8,11-13H2,1-2H3. The molecule has 1 N–H and O–H groups in total. The largest absolute Gasteiger partial charge is 0.382 e. The van der Waals surface area contributed by atoms with E-state index in [1.54, 1.807) is 0 Å². The predicted octanol–water partition coefficient (Wildman–Crippen LogP) is 4.03. The third-order valence-electron chi connectivity index (χ3n) is 3.25. The minimum absolute atomic E-state index is 0.680. The van der Waals surface area contributed by atoms with Crippen molar-refractivity contribution in [2.75, 3.05) is 26.3 Å². The molecule has 0 bridgehead atoms. The van der Waals surface area contributed by atoms with Crippen LogP contribution in [-0.2, 0) is 11.2 Å². The molecule has 0 amide bonds. The van der Waals surface area contributed by atoms with Gasteiger partial charge in [0.15, 0.2) is 0 Å². The number of halogens is 1. The van der Waals surface area contributed by atoms with Gasteiger partial charge in [0.1, 0.15) is 0 Å². The van der Waals surface area contributed by atoms with Gasteiger partial charge in [-0.2, -0.15) is 0 Å². The van der Waals surface area contributed by atoms with Gasteiger partial charge in [-0.15, -0.1) is 0 Å². The van der Waals surface area contributed by atoms with E-state index in [1.165, 1.54) is 16.5 Å². The van der Waals surface area contributed by atoms with Gasteiger partial charge in [-0.05, 0) is 56.8 Å². The molecule has 1 aromatic carbocycles. The number of ether oxygens (including phenoxy) is 1. The summed E-state index contributed by atoms with van der Waals surface area (Å²) in [5.41, 5.74) is 1.40. The van der Waals surface area contributed by atoms with E-state index in [9.17, 15) is 0 Å². The number of nitrogens with one attached hydrogen (secondary N) is 1. The number of benzene rings is 1. The fourth-order valence-electron chi connectivity index (χ4n) is 2.22. The Balaban J connectivity index is 2.46. The lowest BCUT2D eigenvalue weighted by atomic mass is 9.95. The first kappa shape index (κ1) is 16.7. The van der Waals surface area contributed by atoms with Crippen LogP contribution in [0.2, 0.25) is 0 Å². The van der Waals surface area contributed by atoms with Crippen molar-refractivity contribution in [3.05, 3.63) is 34.3 Å². The van der Waals surface area contributed by atoms with Crippen molar-refractivity contribution in [3.63, 3.8) is 0 Å². The predicted molar refractivity (Wildman–Crippen MR) is 85.6 cm³/mol. The van der Waals surface area contributed by atoms with E-state index in [4.69, 9.17) is 4.74 Å². The van der Waals surface area contributed by atoms with Crippen LogP contribution in [-0.4, -0.2) is 26.3 Å². The molecule has 108 valence electrons. The molecule has 1 aromatic rings. The van der Waals surface area contributed by atoms with Crippen LogP contribution >= 0.6 is 15.9 Å². The molecule has 1 atom stereocenters. The quantitative estimate of drug-likeness (QED) is 0.655. The van der Waals surface area contributed by atoms with Crippen molar-refractivity contribution in [2.45, 2.75) is 33.1 Å². The normalized spacial score (nSPS) is 12.6. The topological polar surface area (TPSA) is 21.3 Å². The van der Waals surface area contributed by atoms with Crippen molar-refractivity contribution in [1.29, 1.82) is 0 Å². The van der Waals surface area contributed by atoms with Crippen molar-refractivity contribution in [3.8, 4) is 0 Å². The smallest absolute Gasteiger partial charge is 0.0466 e. The molecule has 19 heavy (non-hydrogen) atoms. The molecule has 0 radical (unpaired) electrons. The second-order valence-electron chi connectivity index (χ2n) is 4.81. The van der Waals surface area contributed by atoms with Gasteiger partial charge in [0.2, 0.25) is 0 Å². The maximum atomic E-state index is 5.43. The van der Waals surface area contributed by atoms with Crippen LogP contribution in [0.15, 0.2) is 28.7 Å². The fourth-order valence-corrected chi connectivity index (χ4v) is 2.66. The highest BCUT2D eigenvalue weighted by Gasteiger charge is 2.11. The summed E-state index contributed by atoms with van der Waals surface area (Å²) in [5, 5.41) is 3.47. The molecule has 0 aliphatic heterocycles. The highest BCUT2D eigenvalue weighted by atomic mass is 79.9. The van der Waals surface area contributed by atoms with Crippen LogP contribution in [0.4, 0.5) is 0 Å². The van der Waals surface area contributed by atoms with E-state index in [0.717, 1.165) is 39.1 Å². The third-order valence-corrected chi connectivity index (χ3v) is 4.03. The van der Waals surface area contributed by atoms with Gasteiger partial charge in [-0.25, -0.2) is 0 Å². The molecule has 0 fully saturated rings. The Labute approximate surface area is 126 Å². The minimum atomic E-state index is 0.680. The first-order valence-electron chi connectivity index (χ1n) is 7.29. The first-order chi connectivity index (χ1) is 9.27. The molecule has 1 rings (SSSR count). The molecule has 0 saturated heterocycles. The highest BCUT2D eigenvalue weighted by molar-refractivity contribution is 9.10. The van der Waals surface area contributed by atoms with Gasteiger partial charge in [0.25, 0.3) is 0 Å². The van der Waals surface area contributed by atoms with Crippen LogP contribution in [0.3, 0.4) is 0 Å². The van der Waals surface area contributed by atoms with Crippen molar-refractivity contribution < 1.29 is 4.74 Å². The maximum absolute atomic E-state index is 5.43. The Hall–Kier alpha value is -0.380. The monoisotopic (exact) mass is 327 g/mol. The molecule has 1 unspecified atom stereocenters. The molecule has 0 aromatic heterocycles. The fraction of sp³-hybridized carbons (Fsp3) is 0.625. The lowest BCUT2D eigenvalue weighted by molar-refractivity contribution is 0.139. The van der Waals surface area contributed by atoms with Crippen LogP contribution in [0.5, 0.6) is 0 Å². The minimum Gasteiger partial charge on any atom is -0.382 e. The van der Waals surface area contributed by atoms with Gasteiger partial charge in [0.05, 0.1) is 0 Å². The molecular weight excluding hydrogens is 302 g/mol. The summed E-state index contributed by atoms with van der Waals surface area (Å²) in [5.74, 6) is 0.680. The van der Waals surface area contributed by atoms with E-state index in [0.29, 0.717) is 5.92 Å². The summed E-state index contributed by atoms with van der Waals surface area (Å²) in [6.07, 6.45) is 3.49. The lowest BCUT2D eigenvalue weighted by Gasteiger charge is -2.18. The molecule has 0 spiro atoms. The Morgan fingerprint density at radius 2 is 2.05 bits per heavy atom. The highest BCUT2D eigenvalue weighted by Crippen LogP contribution is 2.21. The summed E-state index contributed by atoms with van der Waals surface area (Å²) >= 11 is 3.64. The van der Waals surface area contributed by atoms with Gasteiger partial charge in [-0.3, -0.25) is 0 Å². The molecule has 0 aliphatic rings. The Morgan fingerprint density at radius 1 is 1.26 bits per heavy atom. The van der Waals surface area contributed by atoms with E-state index < -0.39 is 0 Å². The van der Waals surface area contributed by atoms with Crippen molar-refractivity contribution >= 4 is 15.9 Å². The summed E-state index contributed by atoms with van der Waals surface area (Å²) in [6, 6.07) is 8.53. The lowest BCUT2D eigenvalue weighted by Crippen LogP contribution is -2.24. The SMILES string of the molecule is CCNCC(CCCOCC)Cc1ccccc1Br. The zero-order valence-corrected chi connectivity index (χ0v) is 13.7. The van der Waals surface area contributed by atoms with E-state index in [2.05, 4.69) is 59.4 Å². The molecular formula is C16H26BrNO. The van der Waals surface area contributed by atoms with Crippen LogP contribution < -0.4 is 5.32 Å². The van der Waals surface area contributed by atoms with E-state index >= 15 is 0 Å². The van der Waals surface area contributed by atoms with Crippen LogP contribution in [0.1, 0.15) is 32.3 Å². The second-order valence-corrected chi connectivity index (χ2v) is 5.66. The Kier molecular flexibility index (Phi) is 9.14. The van der Waals surface area contributed by atoms with Gasteiger partial charge in [-0.1, -0.05) is 41.1 Å². The summed E-state index contributed by atoms with van der Waals surface area (Å²) in [7, 11) is 0. The van der Waals surface area contributed by atoms with E-state index in [1.807, 2.05) is 0 Å². The zero-order chi connectivity index (χ0) is 13.9. The van der Waals surface area contributed by atoms with Crippen molar-refractivity contribution in [2.24, 2.45) is 5.92 Å². The Bertz CT molecular complexity index is 343. The van der Waals surface area contributed by atoms with Crippen LogP contribution in [0.25, 0.3) is 0 Å². The number of hydrogen-bond donors (Lipinski definition) is 1. The van der Waals surface area contributed by atoms with Gasteiger partial charge < -0.3 is 10.1 Å². The first-order valence-corrected chi connectivity index (χ1v) is 8.09. The maximum Gasteiger partial charge on any atom is 0.0466 e. The van der Waals surface area contributed by atoms with Crippen LogP contribution in [0, 0.1) is 5.92 Å².